The number of hydrogen-bond acceptors (Lipinski definition) is 7. The van der Waals surface area contributed by atoms with Gasteiger partial charge in [-0.2, -0.15) is 0 Å². The van der Waals surface area contributed by atoms with Crippen molar-refractivity contribution in [1.82, 2.24) is 20.2 Å². The van der Waals surface area contributed by atoms with Gasteiger partial charge in [-0.15, -0.1) is 0 Å². The van der Waals surface area contributed by atoms with Crippen molar-refractivity contribution in [3.05, 3.63) is 23.7 Å². The number of aryl methyl sites for hydroxylation is 1. The molecule has 2 bridgehead atoms. The molecule has 1 N–H and O–H groups in total. The summed E-state index contributed by atoms with van der Waals surface area (Å²) in [6.45, 7) is 8.24. The van der Waals surface area contributed by atoms with Crippen LogP contribution < -0.4 is 10.1 Å². The van der Waals surface area contributed by atoms with E-state index in [1.807, 2.05) is 27.7 Å². The number of amides is 2. The van der Waals surface area contributed by atoms with Crippen molar-refractivity contribution >= 4 is 17.6 Å². The predicted molar refractivity (Wildman–Crippen MR) is 122 cm³/mol. The van der Waals surface area contributed by atoms with E-state index in [2.05, 4.69) is 21.4 Å². The summed E-state index contributed by atoms with van der Waals surface area (Å²) in [4.78, 5) is 36.1. The van der Waals surface area contributed by atoms with Crippen molar-refractivity contribution in [3.8, 4) is 5.88 Å². The number of alkyl carbamates (subject to hydrolysis) is 1. The standard InChI is InChI=1S/C24H34N4O5/c1-15-21-16-7-9-17(10-8-16)31-12-19-18(27-23(30)33-24(2,3)4)6-5-11-28(19)20(29)13-32-22(21)26-14-25-15/h7,14,17-19H,5-6,8-13H2,1-4H3,(H,27,30)/t17?,18-,19-/m0/s1. The van der Waals surface area contributed by atoms with Crippen LogP contribution in [-0.4, -0.2) is 70.4 Å². The number of carbonyl (C=O) groups excluding carboxylic acids is 2. The van der Waals surface area contributed by atoms with Crippen LogP contribution in [0.1, 0.15) is 64.1 Å². The second-order valence-electron chi connectivity index (χ2n) is 9.94. The molecule has 0 radical (unpaired) electrons. The zero-order chi connectivity index (χ0) is 23.6. The van der Waals surface area contributed by atoms with Crippen molar-refractivity contribution in [3.63, 3.8) is 0 Å². The topological polar surface area (TPSA) is 103 Å². The van der Waals surface area contributed by atoms with E-state index in [9.17, 15) is 9.59 Å². The van der Waals surface area contributed by atoms with Crippen LogP contribution in [0.5, 0.6) is 5.88 Å². The van der Waals surface area contributed by atoms with E-state index in [1.54, 1.807) is 4.90 Å². The Kier molecular flexibility index (Phi) is 6.88. The average molecular weight is 459 g/mol. The van der Waals surface area contributed by atoms with Crippen LogP contribution in [-0.2, 0) is 14.3 Å². The number of hydrogen-bond donors (Lipinski definition) is 1. The van der Waals surface area contributed by atoms with E-state index < -0.39 is 11.7 Å². The van der Waals surface area contributed by atoms with Gasteiger partial charge in [0.25, 0.3) is 5.91 Å². The molecular formula is C24H34N4O5. The maximum Gasteiger partial charge on any atom is 0.407 e. The van der Waals surface area contributed by atoms with Gasteiger partial charge in [-0.05, 0) is 65.4 Å². The minimum atomic E-state index is -0.594. The summed E-state index contributed by atoms with van der Waals surface area (Å²) < 4.78 is 17.7. The van der Waals surface area contributed by atoms with Gasteiger partial charge in [0.2, 0.25) is 5.88 Å². The molecule has 9 nitrogen and oxygen atoms in total. The van der Waals surface area contributed by atoms with Gasteiger partial charge in [0, 0.05) is 6.54 Å². The highest BCUT2D eigenvalue weighted by atomic mass is 16.6. The fourth-order valence-corrected chi connectivity index (χ4v) is 4.77. The molecule has 1 aliphatic carbocycles. The van der Waals surface area contributed by atoms with E-state index in [0.29, 0.717) is 19.0 Å². The molecule has 180 valence electrons. The van der Waals surface area contributed by atoms with Crippen molar-refractivity contribution in [2.75, 3.05) is 19.8 Å². The molecule has 1 unspecified atom stereocenters. The molecule has 0 spiro atoms. The molecule has 1 aromatic heterocycles. The summed E-state index contributed by atoms with van der Waals surface area (Å²) in [7, 11) is 0. The molecule has 3 atom stereocenters. The first-order chi connectivity index (χ1) is 15.7. The fourth-order valence-electron chi connectivity index (χ4n) is 4.77. The lowest BCUT2D eigenvalue weighted by atomic mass is 9.91. The van der Waals surface area contributed by atoms with Crippen LogP contribution in [0, 0.1) is 6.92 Å². The molecule has 3 aliphatic heterocycles. The third-order valence-corrected chi connectivity index (χ3v) is 6.32. The van der Waals surface area contributed by atoms with Gasteiger partial charge in [0.1, 0.15) is 11.9 Å². The molecule has 1 fully saturated rings. The second-order valence-corrected chi connectivity index (χ2v) is 9.94. The van der Waals surface area contributed by atoms with Crippen molar-refractivity contribution in [1.29, 1.82) is 0 Å². The highest BCUT2D eigenvalue weighted by molar-refractivity contribution is 5.79. The zero-order valence-electron chi connectivity index (χ0n) is 19.9. The zero-order valence-corrected chi connectivity index (χ0v) is 19.9. The Hall–Kier alpha value is -2.68. The first-order valence-corrected chi connectivity index (χ1v) is 11.8. The van der Waals surface area contributed by atoms with Gasteiger partial charge >= 0.3 is 6.09 Å². The Balaban J connectivity index is 1.58. The van der Waals surface area contributed by atoms with E-state index >= 15 is 0 Å². The Bertz CT molecular complexity index is 926. The van der Waals surface area contributed by atoms with Gasteiger partial charge in [0.15, 0.2) is 6.61 Å². The van der Waals surface area contributed by atoms with Gasteiger partial charge < -0.3 is 24.4 Å². The highest BCUT2D eigenvalue weighted by Crippen LogP contribution is 2.35. The van der Waals surface area contributed by atoms with Crippen LogP contribution in [0.4, 0.5) is 4.79 Å². The number of nitrogens with one attached hydrogen (secondary N) is 1. The van der Waals surface area contributed by atoms with Crippen LogP contribution in [0.3, 0.4) is 0 Å². The van der Waals surface area contributed by atoms with Gasteiger partial charge in [-0.25, -0.2) is 14.8 Å². The number of ether oxygens (including phenoxy) is 3. The fraction of sp³-hybridized carbons (Fsp3) is 0.667. The van der Waals surface area contributed by atoms with Crippen LogP contribution >= 0.6 is 0 Å². The molecule has 5 rings (SSSR count). The molecule has 1 saturated heterocycles. The molecule has 4 heterocycles. The lowest BCUT2D eigenvalue weighted by Crippen LogP contribution is -2.60. The highest BCUT2D eigenvalue weighted by Gasteiger charge is 2.37. The van der Waals surface area contributed by atoms with Crippen LogP contribution in [0.15, 0.2) is 12.4 Å². The summed E-state index contributed by atoms with van der Waals surface area (Å²) in [5, 5.41) is 2.98. The normalized spacial score (nSPS) is 25.9. The molecule has 9 heteroatoms. The Morgan fingerprint density at radius 2 is 2.09 bits per heavy atom. The summed E-state index contributed by atoms with van der Waals surface area (Å²) in [6.07, 6.45) is 7.21. The smallest absolute Gasteiger partial charge is 0.407 e. The largest absolute Gasteiger partial charge is 0.467 e. The third kappa shape index (κ3) is 5.63. The third-order valence-electron chi connectivity index (χ3n) is 6.32. The summed E-state index contributed by atoms with van der Waals surface area (Å²) in [5.41, 5.74) is 2.26. The summed E-state index contributed by atoms with van der Waals surface area (Å²) >= 11 is 0. The molecule has 2 amide bonds. The first kappa shape index (κ1) is 23.5. The molecular weight excluding hydrogens is 424 g/mol. The lowest BCUT2D eigenvalue weighted by Gasteiger charge is -2.42. The van der Waals surface area contributed by atoms with Gasteiger partial charge in [-0.3, -0.25) is 4.79 Å². The maximum absolute atomic E-state index is 13.2. The van der Waals surface area contributed by atoms with Crippen molar-refractivity contribution < 1.29 is 23.8 Å². The molecule has 33 heavy (non-hydrogen) atoms. The molecule has 0 aromatic carbocycles. The number of allylic oxidation sites excluding steroid dienone is 1. The second kappa shape index (κ2) is 9.67. The number of piperidine rings is 1. The van der Waals surface area contributed by atoms with E-state index in [-0.39, 0.29) is 30.7 Å². The average Bonchev–Trinajstić information content (AvgIpc) is 2.76. The Morgan fingerprint density at radius 1 is 1.27 bits per heavy atom. The Morgan fingerprint density at radius 3 is 2.82 bits per heavy atom. The number of fused-ring (bicyclic) bond motifs is 5. The lowest BCUT2D eigenvalue weighted by molar-refractivity contribution is -0.140. The molecule has 4 aliphatic rings. The number of nitrogens with zero attached hydrogens (tertiary/aromatic N) is 3. The predicted octanol–water partition coefficient (Wildman–Crippen LogP) is 3.01. The van der Waals surface area contributed by atoms with Gasteiger partial charge in [0.05, 0.1) is 36.1 Å². The maximum atomic E-state index is 13.2. The number of rotatable bonds is 1. The van der Waals surface area contributed by atoms with E-state index in [0.717, 1.165) is 48.9 Å². The Labute approximate surface area is 194 Å². The minimum absolute atomic E-state index is 0.0601. The number of carbonyl (C=O) groups is 2. The summed E-state index contributed by atoms with van der Waals surface area (Å²) in [5.74, 6) is 0.291. The minimum Gasteiger partial charge on any atom is -0.467 e. The van der Waals surface area contributed by atoms with Crippen LogP contribution in [0.25, 0.3) is 5.57 Å². The summed E-state index contributed by atoms with van der Waals surface area (Å²) in [6, 6.07) is -0.547. The molecule has 0 saturated carbocycles. The number of aromatic nitrogens is 2. The molecule has 1 aromatic rings. The monoisotopic (exact) mass is 458 g/mol. The van der Waals surface area contributed by atoms with E-state index in [4.69, 9.17) is 14.2 Å². The van der Waals surface area contributed by atoms with Crippen molar-refractivity contribution in [2.45, 2.75) is 83.6 Å². The SMILES string of the molecule is Cc1ncnc2c1C1=CCC(CC1)OC[C@H]1[C@@H](NC(=O)OC(C)(C)C)CCCN1C(=O)CO2. The van der Waals surface area contributed by atoms with Gasteiger partial charge in [-0.1, -0.05) is 6.08 Å². The van der Waals surface area contributed by atoms with Crippen molar-refractivity contribution in [2.24, 2.45) is 0 Å². The van der Waals surface area contributed by atoms with E-state index in [1.165, 1.54) is 6.33 Å². The van der Waals surface area contributed by atoms with Crippen LogP contribution in [0.2, 0.25) is 0 Å². The first-order valence-electron chi connectivity index (χ1n) is 11.8. The quantitative estimate of drug-likeness (QED) is 0.690.